The smallest absolute Gasteiger partial charge is 0.321 e. The number of carbonyl (C=O) groups excluding carboxylic acids is 1. The largest absolute Gasteiger partial charge is 0.473 e. The third kappa shape index (κ3) is 6.03. The summed E-state index contributed by atoms with van der Waals surface area (Å²) in [5.74, 6) is 0.520. The van der Waals surface area contributed by atoms with Gasteiger partial charge in [0.1, 0.15) is 11.6 Å². The van der Waals surface area contributed by atoms with Gasteiger partial charge in [-0.1, -0.05) is 48.6 Å². The van der Waals surface area contributed by atoms with Crippen molar-refractivity contribution in [3.05, 3.63) is 64.8 Å². The number of ether oxygens (including phenoxy) is 1. The van der Waals surface area contributed by atoms with E-state index in [9.17, 15) is 4.79 Å². The molecule has 0 unspecified atom stereocenters. The first kappa shape index (κ1) is 18.8. The standard InChI is InChI=1S/C19H21N5O2S/c1-2-6-17-23-24-19(27-17)22-18(25)21-12-15-9-10-20-16(11-15)26-13-14-7-4-3-5-8-14/h3-5,7-11H,2,6,12-13H2,1H3,(H2,21,22,24,25). The van der Waals surface area contributed by atoms with Crippen LogP contribution in [-0.2, 0) is 19.6 Å². The first-order chi connectivity index (χ1) is 13.2. The average molecular weight is 383 g/mol. The zero-order chi connectivity index (χ0) is 18.9. The molecular weight excluding hydrogens is 362 g/mol. The predicted octanol–water partition coefficient (Wildman–Crippen LogP) is 3.79. The summed E-state index contributed by atoms with van der Waals surface area (Å²) in [6.45, 7) is 2.88. The molecule has 0 radical (unpaired) electrons. The second kappa shape index (κ2) is 9.63. The molecule has 0 bridgehead atoms. The molecule has 0 fully saturated rings. The molecular formula is C19H21N5O2S. The summed E-state index contributed by atoms with van der Waals surface area (Å²) < 4.78 is 5.70. The van der Waals surface area contributed by atoms with E-state index >= 15 is 0 Å². The highest BCUT2D eigenvalue weighted by Crippen LogP contribution is 2.16. The number of carbonyl (C=O) groups is 1. The summed E-state index contributed by atoms with van der Waals surface area (Å²) in [6, 6.07) is 13.2. The molecule has 1 aromatic carbocycles. The van der Waals surface area contributed by atoms with Crippen molar-refractivity contribution in [3.8, 4) is 5.88 Å². The molecule has 2 N–H and O–H groups in total. The fourth-order valence-electron chi connectivity index (χ4n) is 2.31. The Labute approximate surface area is 161 Å². The average Bonchev–Trinajstić information content (AvgIpc) is 3.13. The van der Waals surface area contributed by atoms with Crippen LogP contribution in [0.4, 0.5) is 9.93 Å². The van der Waals surface area contributed by atoms with Crippen LogP contribution in [0, 0.1) is 0 Å². The van der Waals surface area contributed by atoms with Gasteiger partial charge in [-0.2, -0.15) is 0 Å². The van der Waals surface area contributed by atoms with Crippen LogP contribution in [0.3, 0.4) is 0 Å². The molecule has 0 aliphatic rings. The monoisotopic (exact) mass is 383 g/mol. The quantitative estimate of drug-likeness (QED) is 0.618. The maximum atomic E-state index is 12.0. The van der Waals surface area contributed by atoms with Gasteiger partial charge in [0.05, 0.1) is 0 Å². The number of amides is 2. The van der Waals surface area contributed by atoms with Crippen LogP contribution in [0.15, 0.2) is 48.7 Å². The van der Waals surface area contributed by atoms with Gasteiger partial charge in [0.25, 0.3) is 0 Å². The number of hydrogen-bond donors (Lipinski definition) is 2. The summed E-state index contributed by atoms with van der Waals surface area (Å²) in [5, 5.41) is 14.9. The van der Waals surface area contributed by atoms with Crippen LogP contribution in [0.25, 0.3) is 0 Å². The molecule has 8 heteroatoms. The van der Waals surface area contributed by atoms with Crippen LogP contribution >= 0.6 is 11.3 Å². The van der Waals surface area contributed by atoms with Gasteiger partial charge in [0.15, 0.2) is 0 Å². The molecule has 3 aromatic rings. The number of anilines is 1. The minimum atomic E-state index is -0.322. The number of benzene rings is 1. The van der Waals surface area contributed by atoms with Gasteiger partial charge >= 0.3 is 6.03 Å². The highest BCUT2D eigenvalue weighted by molar-refractivity contribution is 7.15. The molecule has 0 saturated heterocycles. The van der Waals surface area contributed by atoms with Crippen LogP contribution in [0.2, 0.25) is 0 Å². The van der Waals surface area contributed by atoms with E-state index in [0.717, 1.165) is 29.0 Å². The lowest BCUT2D eigenvalue weighted by Gasteiger charge is -2.08. The van der Waals surface area contributed by atoms with E-state index in [4.69, 9.17) is 4.74 Å². The van der Waals surface area contributed by atoms with Crippen molar-refractivity contribution in [2.45, 2.75) is 32.9 Å². The maximum absolute atomic E-state index is 12.0. The van der Waals surface area contributed by atoms with Gasteiger partial charge in [-0.05, 0) is 23.6 Å². The van der Waals surface area contributed by atoms with Crippen LogP contribution in [-0.4, -0.2) is 21.2 Å². The van der Waals surface area contributed by atoms with Crippen molar-refractivity contribution in [3.63, 3.8) is 0 Å². The summed E-state index contributed by atoms with van der Waals surface area (Å²) in [4.78, 5) is 16.2. The molecule has 0 atom stereocenters. The van der Waals surface area contributed by atoms with Crippen molar-refractivity contribution in [2.24, 2.45) is 0 Å². The Balaban J connectivity index is 1.48. The van der Waals surface area contributed by atoms with Gasteiger partial charge in [-0.25, -0.2) is 9.78 Å². The lowest BCUT2D eigenvalue weighted by molar-refractivity contribution is 0.251. The molecule has 0 saturated carbocycles. The molecule has 2 amide bonds. The topological polar surface area (TPSA) is 89.0 Å². The fraction of sp³-hybridized carbons (Fsp3) is 0.263. The molecule has 0 aliphatic heterocycles. The third-order valence-electron chi connectivity index (χ3n) is 3.63. The van der Waals surface area contributed by atoms with Crippen LogP contribution in [0.5, 0.6) is 5.88 Å². The summed E-state index contributed by atoms with van der Waals surface area (Å²) in [6.07, 6.45) is 3.53. The van der Waals surface area contributed by atoms with E-state index in [1.54, 1.807) is 6.20 Å². The maximum Gasteiger partial charge on any atom is 0.321 e. The number of rotatable bonds is 8. The predicted molar refractivity (Wildman–Crippen MR) is 105 cm³/mol. The van der Waals surface area contributed by atoms with Gasteiger partial charge in [-0.3, -0.25) is 5.32 Å². The fourth-order valence-corrected chi connectivity index (χ4v) is 3.15. The van der Waals surface area contributed by atoms with Crippen molar-refractivity contribution in [1.29, 1.82) is 0 Å². The zero-order valence-corrected chi connectivity index (χ0v) is 15.8. The Morgan fingerprint density at radius 2 is 2.00 bits per heavy atom. The summed E-state index contributed by atoms with van der Waals surface area (Å²) in [5.41, 5.74) is 1.97. The molecule has 3 rings (SSSR count). The van der Waals surface area contributed by atoms with E-state index in [2.05, 4.69) is 32.7 Å². The molecule has 27 heavy (non-hydrogen) atoms. The van der Waals surface area contributed by atoms with Crippen molar-refractivity contribution < 1.29 is 9.53 Å². The van der Waals surface area contributed by atoms with Gasteiger partial charge in [0.2, 0.25) is 11.0 Å². The van der Waals surface area contributed by atoms with Gasteiger partial charge in [-0.15, -0.1) is 10.2 Å². The Bertz CT molecular complexity index is 869. The molecule has 7 nitrogen and oxygen atoms in total. The minimum absolute atomic E-state index is 0.322. The highest BCUT2D eigenvalue weighted by Gasteiger charge is 2.08. The lowest BCUT2D eigenvalue weighted by atomic mass is 10.2. The molecule has 2 heterocycles. The SMILES string of the molecule is CCCc1nnc(NC(=O)NCc2ccnc(OCc3ccccc3)c2)s1. The summed E-state index contributed by atoms with van der Waals surface area (Å²) in [7, 11) is 0. The number of urea groups is 1. The van der Waals surface area contributed by atoms with E-state index < -0.39 is 0 Å². The number of pyridine rings is 1. The Morgan fingerprint density at radius 1 is 1.15 bits per heavy atom. The highest BCUT2D eigenvalue weighted by atomic mass is 32.1. The Hall–Kier alpha value is -3.00. The minimum Gasteiger partial charge on any atom is -0.473 e. The number of hydrogen-bond acceptors (Lipinski definition) is 6. The molecule has 0 spiro atoms. The third-order valence-corrected chi connectivity index (χ3v) is 4.53. The number of nitrogens with zero attached hydrogens (tertiary/aromatic N) is 3. The Kier molecular flexibility index (Phi) is 6.70. The van der Waals surface area contributed by atoms with E-state index in [0.29, 0.717) is 24.2 Å². The number of aromatic nitrogens is 3. The van der Waals surface area contributed by atoms with Crippen molar-refractivity contribution in [1.82, 2.24) is 20.5 Å². The molecule has 2 aromatic heterocycles. The number of nitrogens with one attached hydrogen (secondary N) is 2. The van der Waals surface area contributed by atoms with E-state index in [-0.39, 0.29) is 6.03 Å². The first-order valence-corrected chi connectivity index (χ1v) is 9.53. The van der Waals surface area contributed by atoms with Crippen LogP contribution < -0.4 is 15.4 Å². The van der Waals surface area contributed by atoms with Gasteiger partial charge < -0.3 is 10.1 Å². The second-order valence-electron chi connectivity index (χ2n) is 5.84. The number of aryl methyl sites for hydroxylation is 1. The van der Waals surface area contributed by atoms with Gasteiger partial charge in [0, 0.05) is 25.2 Å². The van der Waals surface area contributed by atoms with E-state index in [1.807, 2.05) is 42.5 Å². The van der Waals surface area contributed by atoms with Crippen LogP contribution in [0.1, 0.15) is 29.5 Å². The summed E-state index contributed by atoms with van der Waals surface area (Å²) >= 11 is 1.39. The van der Waals surface area contributed by atoms with E-state index in [1.165, 1.54) is 11.3 Å². The molecule has 140 valence electrons. The zero-order valence-electron chi connectivity index (χ0n) is 15.0. The Morgan fingerprint density at radius 3 is 2.81 bits per heavy atom. The molecule has 0 aliphatic carbocycles. The van der Waals surface area contributed by atoms with Crippen molar-refractivity contribution in [2.75, 3.05) is 5.32 Å². The lowest BCUT2D eigenvalue weighted by Crippen LogP contribution is -2.28. The normalized spacial score (nSPS) is 10.4. The van der Waals surface area contributed by atoms with Crippen molar-refractivity contribution >= 4 is 22.5 Å². The second-order valence-corrected chi connectivity index (χ2v) is 6.90. The first-order valence-electron chi connectivity index (χ1n) is 8.72.